The van der Waals surface area contributed by atoms with E-state index in [9.17, 15) is 0 Å². The number of hydrogen-bond donors (Lipinski definition) is 1. The molecule has 0 aliphatic carbocycles. The first-order valence-corrected chi connectivity index (χ1v) is 7.70. The maximum Gasteiger partial charge on any atom is 0.124 e. The molecule has 0 aliphatic heterocycles. The molecule has 0 fully saturated rings. The number of para-hydroxylation sites is 1. The molecule has 2 aromatic carbocycles. The van der Waals surface area contributed by atoms with Crippen molar-refractivity contribution in [2.24, 2.45) is 0 Å². The van der Waals surface area contributed by atoms with Crippen LogP contribution in [0.1, 0.15) is 30.5 Å². The molecule has 3 heteroatoms. The highest BCUT2D eigenvalue weighted by Crippen LogP contribution is 2.31. The van der Waals surface area contributed by atoms with Gasteiger partial charge in [0.15, 0.2) is 0 Å². The van der Waals surface area contributed by atoms with Crippen molar-refractivity contribution < 1.29 is 4.74 Å². The van der Waals surface area contributed by atoms with E-state index < -0.39 is 0 Å². The summed E-state index contributed by atoms with van der Waals surface area (Å²) in [5, 5.41) is 3.38. The van der Waals surface area contributed by atoms with E-state index in [2.05, 4.69) is 58.5 Å². The molecule has 0 amide bonds. The van der Waals surface area contributed by atoms with Crippen molar-refractivity contribution >= 4 is 15.9 Å². The Morgan fingerprint density at radius 1 is 1.15 bits per heavy atom. The largest absolute Gasteiger partial charge is 0.493 e. The lowest BCUT2D eigenvalue weighted by Gasteiger charge is -2.20. The van der Waals surface area contributed by atoms with E-state index in [4.69, 9.17) is 4.74 Å². The first kappa shape index (κ1) is 15.1. The highest BCUT2D eigenvalue weighted by molar-refractivity contribution is 9.10. The number of hydrogen-bond acceptors (Lipinski definition) is 2. The summed E-state index contributed by atoms with van der Waals surface area (Å²) in [6.07, 6.45) is 1.01. The third kappa shape index (κ3) is 3.62. The van der Waals surface area contributed by atoms with E-state index in [-0.39, 0.29) is 6.04 Å². The summed E-state index contributed by atoms with van der Waals surface area (Å²) in [7, 11) is 1.97. The standard InChI is InChI=1S/C17H20BrNO/c1-3-11-20-16-10-5-4-9-15(16)17(19-2)13-7-6-8-14(18)12-13/h4-10,12,17,19H,3,11H2,1-2H3. The fraction of sp³-hybridized carbons (Fsp3) is 0.294. The molecule has 0 saturated carbocycles. The van der Waals surface area contributed by atoms with Crippen molar-refractivity contribution in [1.29, 1.82) is 0 Å². The molecule has 0 saturated heterocycles. The van der Waals surface area contributed by atoms with Gasteiger partial charge in [0.25, 0.3) is 0 Å². The second-order valence-electron chi connectivity index (χ2n) is 4.66. The lowest BCUT2D eigenvalue weighted by atomic mass is 9.98. The zero-order valence-electron chi connectivity index (χ0n) is 11.9. The fourth-order valence-electron chi connectivity index (χ4n) is 2.25. The summed E-state index contributed by atoms with van der Waals surface area (Å²) in [5.74, 6) is 0.952. The molecule has 1 N–H and O–H groups in total. The number of rotatable bonds is 6. The Bertz CT molecular complexity index is 556. The van der Waals surface area contributed by atoms with Gasteiger partial charge in [0.05, 0.1) is 12.6 Å². The van der Waals surface area contributed by atoms with Crippen LogP contribution < -0.4 is 10.1 Å². The van der Waals surface area contributed by atoms with E-state index in [1.165, 1.54) is 11.1 Å². The Hall–Kier alpha value is -1.32. The second kappa shape index (κ2) is 7.46. The van der Waals surface area contributed by atoms with Gasteiger partial charge in [0.1, 0.15) is 5.75 Å². The van der Waals surface area contributed by atoms with Crippen molar-refractivity contribution in [2.45, 2.75) is 19.4 Å². The third-order valence-electron chi connectivity index (χ3n) is 3.16. The minimum absolute atomic E-state index is 0.126. The molecule has 106 valence electrons. The van der Waals surface area contributed by atoms with Crippen molar-refractivity contribution in [3.8, 4) is 5.75 Å². The molecular formula is C17H20BrNO. The summed E-state index contributed by atoms with van der Waals surface area (Å²) in [6, 6.07) is 16.7. The Kier molecular flexibility index (Phi) is 5.62. The van der Waals surface area contributed by atoms with Crippen LogP contribution in [0.15, 0.2) is 53.0 Å². The second-order valence-corrected chi connectivity index (χ2v) is 5.58. The molecular weight excluding hydrogens is 314 g/mol. The van der Waals surface area contributed by atoms with Gasteiger partial charge in [0.2, 0.25) is 0 Å². The quantitative estimate of drug-likeness (QED) is 0.837. The smallest absolute Gasteiger partial charge is 0.124 e. The minimum Gasteiger partial charge on any atom is -0.493 e. The highest BCUT2D eigenvalue weighted by Gasteiger charge is 2.16. The molecule has 1 unspecified atom stereocenters. The van der Waals surface area contributed by atoms with Gasteiger partial charge in [-0.3, -0.25) is 0 Å². The Balaban J connectivity index is 2.36. The van der Waals surface area contributed by atoms with Crippen molar-refractivity contribution in [1.82, 2.24) is 5.32 Å². The van der Waals surface area contributed by atoms with E-state index in [0.29, 0.717) is 0 Å². The molecule has 2 rings (SSSR count). The van der Waals surface area contributed by atoms with Crippen LogP contribution in [-0.2, 0) is 0 Å². The molecule has 2 nitrogen and oxygen atoms in total. The van der Waals surface area contributed by atoms with Crippen LogP contribution in [0.3, 0.4) is 0 Å². The average Bonchev–Trinajstić information content (AvgIpc) is 2.47. The molecule has 0 spiro atoms. The molecule has 0 heterocycles. The van der Waals surface area contributed by atoms with Gasteiger partial charge < -0.3 is 10.1 Å². The number of halogens is 1. The summed E-state index contributed by atoms with van der Waals surface area (Å²) in [5.41, 5.74) is 2.39. The average molecular weight is 334 g/mol. The van der Waals surface area contributed by atoms with Gasteiger partial charge in [-0.1, -0.05) is 53.2 Å². The van der Waals surface area contributed by atoms with Crippen LogP contribution in [-0.4, -0.2) is 13.7 Å². The zero-order valence-corrected chi connectivity index (χ0v) is 13.5. The Labute approximate surface area is 129 Å². The van der Waals surface area contributed by atoms with Gasteiger partial charge in [0, 0.05) is 10.0 Å². The van der Waals surface area contributed by atoms with E-state index >= 15 is 0 Å². The lowest BCUT2D eigenvalue weighted by Crippen LogP contribution is -2.18. The van der Waals surface area contributed by atoms with Gasteiger partial charge >= 0.3 is 0 Å². The lowest BCUT2D eigenvalue weighted by molar-refractivity contribution is 0.312. The predicted molar refractivity (Wildman–Crippen MR) is 87.3 cm³/mol. The number of benzene rings is 2. The fourth-order valence-corrected chi connectivity index (χ4v) is 2.67. The van der Waals surface area contributed by atoms with Crippen molar-refractivity contribution in [3.05, 3.63) is 64.1 Å². The molecule has 0 aromatic heterocycles. The Morgan fingerprint density at radius 3 is 2.65 bits per heavy atom. The van der Waals surface area contributed by atoms with Crippen LogP contribution in [0.5, 0.6) is 5.75 Å². The maximum atomic E-state index is 5.87. The van der Waals surface area contributed by atoms with Gasteiger partial charge in [-0.25, -0.2) is 0 Å². The maximum absolute atomic E-state index is 5.87. The summed E-state index contributed by atoms with van der Waals surface area (Å²) < 4.78 is 6.95. The van der Waals surface area contributed by atoms with Crippen molar-refractivity contribution in [3.63, 3.8) is 0 Å². The molecule has 2 aromatic rings. The van der Waals surface area contributed by atoms with Crippen LogP contribution in [0.25, 0.3) is 0 Å². The molecule has 0 radical (unpaired) electrons. The molecule has 0 bridgehead atoms. The highest BCUT2D eigenvalue weighted by atomic mass is 79.9. The molecule has 1 atom stereocenters. The van der Waals surface area contributed by atoms with Crippen LogP contribution in [0.4, 0.5) is 0 Å². The normalized spacial score (nSPS) is 12.2. The molecule has 20 heavy (non-hydrogen) atoms. The van der Waals surface area contributed by atoms with Crippen LogP contribution >= 0.6 is 15.9 Å². The number of nitrogens with one attached hydrogen (secondary N) is 1. The van der Waals surface area contributed by atoms with Gasteiger partial charge in [-0.05, 0) is 37.2 Å². The van der Waals surface area contributed by atoms with Gasteiger partial charge in [-0.2, -0.15) is 0 Å². The minimum atomic E-state index is 0.126. The summed E-state index contributed by atoms with van der Waals surface area (Å²) in [4.78, 5) is 0. The Morgan fingerprint density at radius 2 is 1.95 bits per heavy atom. The van der Waals surface area contributed by atoms with Gasteiger partial charge in [-0.15, -0.1) is 0 Å². The van der Waals surface area contributed by atoms with Crippen LogP contribution in [0.2, 0.25) is 0 Å². The summed E-state index contributed by atoms with van der Waals surface area (Å²) >= 11 is 3.53. The van der Waals surface area contributed by atoms with Crippen LogP contribution in [0, 0.1) is 0 Å². The monoisotopic (exact) mass is 333 g/mol. The van der Waals surface area contributed by atoms with E-state index in [0.717, 1.165) is 23.2 Å². The first-order chi connectivity index (χ1) is 9.76. The van der Waals surface area contributed by atoms with E-state index in [1.807, 2.05) is 25.2 Å². The number of ether oxygens (including phenoxy) is 1. The topological polar surface area (TPSA) is 21.3 Å². The third-order valence-corrected chi connectivity index (χ3v) is 3.66. The van der Waals surface area contributed by atoms with Crippen molar-refractivity contribution in [2.75, 3.05) is 13.7 Å². The molecule has 0 aliphatic rings. The first-order valence-electron chi connectivity index (χ1n) is 6.90. The van der Waals surface area contributed by atoms with E-state index in [1.54, 1.807) is 0 Å². The zero-order chi connectivity index (χ0) is 14.4. The SMILES string of the molecule is CCCOc1ccccc1C(NC)c1cccc(Br)c1. The predicted octanol–water partition coefficient (Wildman–Crippen LogP) is 4.55. The summed E-state index contributed by atoms with van der Waals surface area (Å²) in [6.45, 7) is 2.86.